The minimum Gasteiger partial charge on any atom is -0.452 e. The SMILES string of the molecule is CCC1CCCCN1C(=O)C(C)OC(=O)CSc1cnc2ccccc2n1. The Morgan fingerprint density at radius 3 is 2.85 bits per heavy atom. The normalized spacial score (nSPS) is 18.3. The average Bonchev–Trinajstić information content (AvgIpc) is 2.71. The number of amides is 1. The number of carbonyl (C=O) groups is 2. The van der Waals surface area contributed by atoms with E-state index in [1.807, 2.05) is 29.2 Å². The number of benzene rings is 1. The number of likely N-dealkylation sites (tertiary alicyclic amines) is 1. The van der Waals surface area contributed by atoms with Gasteiger partial charge in [-0.3, -0.25) is 14.6 Å². The smallest absolute Gasteiger partial charge is 0.317 e. The molecule has 0 N–H and O–H groups in total. The first-order chi connectivity index (χ1) is 13.1. The molecule has 0 saturated carbocycles. The second kappa shape index (κ2) is 9.17. The first-order valence-corrected chi connectivity index (χ1v) is 10.4. The van der Waals surface area contributed by atoms with Gasteiger partial charge in [0.2, 0.25) is 0 Å². The number of hydrogen-bond donors (Lipinski definition) is 0. The number of esters is 1. The molecular formula is C20H25N3O3S. The number of rotatable bonds is 6. The van der Waals surface area contributed by atoms with E-state index in [4.69, 9.17) is 4.74 Å². The van der Waals surface area contributed by atoms with Gasteiger partial charge >= 0.3 is 5.97 Å². The van der Waals surface area contributed by atoms with Crippen molar-refractivity contribution in [1.82, 2.24) is 14.9 Å². The van der Waals surface area contributed by atoms with E-state index in [1.54, 1.807) is 13.1 Å². The molecule has 7 heteroatoms. The predicted molar refractivity (Wildman–Crippen MR) is 105 cm³/mol. The van der Waals surface area contributed by atoms with Crippen LogP contribution in [0.5, 0.6) is 0 Å². The van der Waals surface area contributed by atoms with Gasteiger partial charge < -0.3 is 9.64 Å². The quantitative estimate of drug-likeness (QED) is 0.558. The Morgan fingerprint density at radius 2 is 2.07 bits per heavy atom. The molecule has 3 rings (SSSR count). The molecule has 1 amide bonds. The lowest BCUT2D eigenvalue weighted by atomic mass is 9.99. The lowest BCUT2D eigenvalue weighted by Gasteiger charge is -2.36. The van der Waals surface area contributed by atoms with Gasteiger partial charge in [-0.05, 0) is 44.7 Å². The molecule has 144 valence electrons. The zero-order chi connectivity index (χ0) is 19.2. The number of para-hydroxylation sites is 2. The van der Waals surface area contributed by atoms with Crippen molar-refractivity contribution in [3.8, 4) is 0 Å². The topological polar surface area (TPSA) is 72.4 Å². The van der Waals surface area contributed by atoms with Crippen LogP contribution in [0, 0.1) is 0 Å². The molecule has 0 bridgehead atoms. The number of carbonyl (C=O) groups excluding carboxylic acids is 2. The van der Waals surface area contributed by atoms with Crippen molar-refractivity contribution in [3.63, 3.8) is 0 Å². The van der Waals surface area contributed by atoms with Crippen LogP contribution in [0.15, 0.2) is 35.5 Å². The van der Waals surface area contributed by atoms with Gasteiger partial charge in [-0.2, -0.15) is 0 Å². The Balaban J connectivity index is 1.52. The maximum absolute atomic E-state index is 12.6. The molecule has 1 saturated heterocycles. The third-order valence-electron chi connectivity index (χ3n) is 4.80. The highest BCUT2D eigenvalue weighted by Crippen LogP contribution is 2.22. The summed E-state index contributed by atoms with van der Waals surface area (Å²) in [5.41, 5.74) is 1.60. The molecule has 1 aromatic heterocycles. The van der Waals surface area contributed by atoms with Crippen molar-refractivity contribution in [2.45, 2.75) is 56.7 Å². The Bertz CT molecular complexity index is 814. The van der Waals surface area contributed by atoms with Crippen molar-refractivity contribution in [2.24, 2.45) is 0 Å². The summed E-state index contributed by atoms with van der Waals surface area (Å²) in [6.07, 6.45) is 5.02. The molecule has 2 aromatic rings. The van der Waals surface area contributed by atoms with E-state index in [2.05, 4.69) is 16.9 Å². The minimum atomic E-state index is -0.757. The zero-order valence-electron chi connectivity index (χ0n) is 15.8. The third kappa shape index (κ3) is 4.97. The van der Waals surface area contributed by atoms with Crippen LogP contribution in [0.2, 0.25) is 0 Å². The summed E-state index contributed by atoms with van der Waals surface area (Å²) in [7, 11) is 0. The fourth-order valence-corrected chi connectivity index (χ4v) is 4.00. The van der Waals surface area contributed by atoms with Crippen molar-refractivity contribution >= 4 is 34.7 Å². The number of piperidine rings is 1. The van der Waals surface area contributed by atoms with Gasteiger partial charge in [0.15, 0.2) is 6.10 Å². The number of thioether (sulfide) groups is 1. The monoisotopic (exact) mass is 387 g/mol. The molecule has 1 aromatic carbocycles. The molecule has 1 fully saturated rings. The summed E-state index contributed by atoms with van der Waals surface area (Å²) >= 11 is 1.26. The Labute approximate surface area is 163 Å². The molecule has 27 heavy (non-hydrogen) atoms. The largest absolute Gasteiger partial charge is 0.452 e. The molecule has 6 nitrogen and oxygen atoms in total. The maximum Gasteiger partial charge on any atom is 0.317 e. The van der Waals surface area contributed by atoms with E-state index in [0.29, 0.717) is 5.03 Å². The Morgan fingerprint density at radius 1 is 1.30 bits per heavy atom. The van der Waals surface area contributed by atoms with Crippen LogP contribution in [0.25, 0.3) is 11.0 Å². The van der Waals surface area contributed by atoms with Gasteiger partial charge in [0, 0.05) is 12.6 Å². The van der Waals surface area contributed by atoms with Crippen LogP contribution in [0.3, 0.4) is 0 Å². The Hall–Kier alpha value is -2.15. The average molecular weight is 388 g/mol. The van der Waals surface area contributed by atoms with Gasteiger partial charge in [0.1, 0.15) is 5.03 Å². The van der Waals surface area contributed by atoms with Gasteiger partial charge in [-0.15, -0.1) is 0 Å². The standard InChI is InChI=1S/C20H25N3O3S/c1-3-15-8-6-7-11-23(15)20(25)14(2)26-19(24)13-27-18-12-21-16-9-4-5-10-17(16)22-18/h4-5,9-10,12,14-15H,3,6-8,11,13H2,1-2H3. The molecule has 0 spiro atoms. The fourth-order valence-electron chi connectivity index (χ4n) is 3.37. The van der Waals surface area contributed by atoms with Gasteiger partial charge in [-0.1, -0.05) is 30.8 Å². The van der Waals surface area contributed by atoms with Gasteiger partial charge in [0.05, 0.1) is 23.0 Å². The van der Waals surface area contributed by atoms with Crippen LogP contribution in [-0.2, 0) is 14.3 Å². The number of ether oxygens (including phenoxy) is 1. The van der Waals surface area contributed by atoms with Crippen molar-refractivity contribution in [2.75, 3.05) is 12.3 Å². The highest BCUT2D eigenvalue weighted by molar-refractivity contribution is 7.99. The summed E-state index contributed by atoms with van der Waals surface area (Å²) in [5.74, 6) is -0.409. The Kier molecular flexibility index (Phi) is 6.66. The lowest BCUT2D eigenvalue weighted by molar-refractivity contribution is -0.159. The summed E-state index contributed by atoms with van der Waals surface area (Å²) < 4.78 is 5.37. The van der Waals surface area contributed by atoms with Gasteiger partial charge in [0.25, 0.3) is 5.91 Å². The van der Waals surface area contributed by atoms with Crippen molar-refractivity contribution in [3.05, 3.63) is 30.5 Å². The number of hydrogen-bond acceptors (Lipinski definition) is 6. The first kappa shape index (κ1) is 19.6. The van der Waals surface area contributed by atoms with Gasteiger partial charge in [-0.25, -0.2) is 4.98 Å². The van der Waals surface area contributed by atoms with Crippen LogP contribution in [0.1, 0.15) is 39.5 Å². The maximum atomic E-state index is 12.6. The van der Waals surface area contributed by atoms with Crippen molar-refractivity contribution in [1.29, 1.82) is 0 Å². The lowest BCUT2D eigenvalue weighted by Crippen LogP contribution is -2.48. The molecule has 2 unspecified atom stereocenters. The summed E-state index contributed by atoms with van der Waals surface area (Å²) in [6.45, 7) is 4.50. The molecule has 1 aliphatic heterocycles. The fraction of sp³-hybridized carbons (Fsp3) is 0.500. The van der Waals surface area contributed by atoms with Crippen LogP contribution >= 0.6 is 11.8 Å². The van der Waals surface area contributed by atoms with E-state index in [1.165, 1.54) is 11.8 Å². The summed E-state index contributed by atoms with van der Waals surface area (Å²) in [6, 6.07) is 7.84. The van der Waals surface area contributed by atoms with Crippen LogP contribution in [-0.4, -0.2) is 51.2 Å². The first-order valence-electron chi connectivity index (χ1n) is 9.43. The van der Waals surface area contributed by atoms with Crippen LogP contribution < -0.4 is 0 Å². The molecule has 0 aliphatic carbocycles. The third-order valence-corrected chi connectivity index (χ3v) is 5.67. The summed E-state index contributed by atoms with van der Waals surface area (Å²) in [4.78, 5) is 35.5. The van der Waals surface area contributed by atoms with E-state index in [9.17, 15) is 9.59 Å². The molecule has 0 radical (unpaired) electrons. The molecule has 2 heterocycles. The predicted octanol–water partition coefficient (Wildman–Crippen LogP) is 3.44. The second-order valence-corrected chi connectivity index (χ2v) is 7.70. The van der Waals surface area contributed by atoms with Crippen LogP contribution in [0.4, 0.5) is 0 Å². The zero-order valence-corrected chi connectivity index (χ0v) is 16.6. The number of fused-ring (bicyclic) bond motifs is 1. The highest BCUT2D eigenvalue weighted by Gasteiger charge is 2.30. The molecule has 1 aliphatic rings. The number of nitrogens with zero attached hydrogens (tertiary/aromatic N) is 3. The minimum absolute atomic E-state index is 0.0922. The van der Waals surface area contributed by atoms with E-state index in [-0.39, 0.29) is 17.7 Å². The highest BCUT2D eigenvalue weighted by atomic mass is 32.2. The second-order valence-electron chi connectivity index (χ2n) is 6.71. The number of aromatic nitrogens is 2. The van der Waals surface area contributed by atoms with E-state index in [0.717, 1.165) is 43.3 Å². The van der Waals surface area contributed by atoms with Crippen molar-refractivity contribution < 1.29 is 14.3 Å². The van der Waals surface area contributed by atoms with E-state index >= 15 is 0 Å². The van der Waals surface area contributed by atoms with E-state index < -0.39 is 12.1 Å². The summed E-state index contributed by atoms with van der Waals surface area (Å²) in [5, 5.41) is 0.659. The molecular weight excluding hydrogens is 362 g/mol. The molecule has 2 atom stereocenters.